The van der Waals surface area contributed by atoms with E-state index in [1.165, 1.54) is 22.3 Å². The van der Waals surface area contributed by atoms with Crippen molar-refractivity contribution in [2.24, 2.45) is 0 Å². The Morgan fingerprint density at radius 1 is 1.21 bits per heavy atom. The fraction of sp³-hybridized carbons (Fsp3) is 0.0909. The number of nitrogen functional groups attached to an aromatic ring is 1. The van der Waals surface area contributed by atoms with Crippen LogP contribution in [0.4, 0.5) is 10.3 Å². The lowest BCUT2D eigenvalue weighted by Gasteiger charge is -1.97. The fourth-order valence-electron chi connectivity index (χ4n) is 1.63. The van der Waals surface area contributed by atoms with Crippen LogP contribution in [0.25, 0.3) is 17.2 Å². The molecule has 0 atom stereocenters. The molecule has 3 aromatic rings. The fourth-order valence-corrected chi connectivity index (χ4v) is 1.99. The summed E-state index contributed by atoms with van der Waals surface area (Å²) in [5.74, 6) is 0.312. The van der Waals surface area contributed by atoms with Gasteiger partial charge in [0.15, 0.2) is 11.0 Å². The summed E-state index contributed by atoms with van der Waals surface area (Å²) in [4.78, 5) is 12.4. The smallest absolute Gasteiger partial charge is 0.258 e. The van der Waals surface area contributed by atoms with Crippen molar-refractivity contribution in [1.29, 1.82) is 0 Å². The highest BCUT2D eigenvalue weighted by atomic mass is 32.2. The molecule has 6 nitrogen and oxygen atoms in total. The third kappa shape index (κ3) is 1.99. The van der Waals surface area contributed by atoms with E-state index in [-0.39, 0.29) is 11.8 Å². The highest BCUT2D eigenvalue weighted by Crippen LogP contribution is 2.20. The van der Waals surface area contributed by atoms with Gasteiger partial charge in [0, 0.05) is 0 Å². The van der Waals surface area contributed by atoms with Crippen LogP contribution in [-0.4, -0.2) is 30.8 Å². The molecule has 0 fully saturated rings. The first kappa shape index (κ1) is 11.8. The number of hydrogen-bond donors (Lipinski definition) is 1. The van der Waals surface area contributed by atoms with Gasteiger partial charge in [0.2, 0.25) is 5.95 Å². The van der Waals surface area contributed by atoms with Crippen LogP contribution in [-0.2, 0) is 0 Å². The van der Waals surface area contributed by atoms with Crippen LogP contribution >= 0.6 is 11.8 Å². The minimum absolute atomic E-state index is 0.171. The molecule has 19 heavy (non-hydrogen) atoms. The monoisotopic (exact) mass is 276 g/mol. The molecule has 0 saturated carbocycles. The molecule has 0 saturated heterocycles. The number of rotatable bonds is 2. The van der Waals surface area contributed by atoms with E-state index in [1.54, 1.807) is 18.2 Å². The number of nitrogens with two attached hydrogens (primary N) is 1. The van der Waals surface area contributed by atoms with Crippen molar-refractivity contribution in [3.8, 4) is 11.4 Å². The van der Waals surface area contributed by atoms with Crippen LogP contribution in [0.2, 0.25) is 0 Å². The first-order valence-corrected chi connectivity index (χ1v) is 6.60. The molecule has 1 aromatic carbocycles. The zero-order valence-corrected chi connectivity index (χ0v) is 10.7. The predicted octanol–water partition coefficient (Wildman–Crippen LogP) is 1.63. The number of thioether (sulfide) groups is 1. The Hall–Kier alpha value is -2.22. The summed E-state index contributed by atoms with van der Waals surface area (Å²) in [6, 6.07) is 6.27. The molecule has 3 rings (SSSR count). The minimum atomic E-state index is -0.393. The SMILES string of the molecule is CSc1nc(N)n2nc(-c3ccccc3F)nc2n1. The summed E-state index contributed by atoms with van der Waals surface area (Å²) in [6.07, 6.45) is 1.83. The quantitative estimate of drug-likeness (QED) is 0.716. The Kier molecular flexibility index (Phi) is 2.79. The van der Waals surface area contributed by atoms with Crippen molar-refractivity contribution in [2.75, 3.05) is 12.0 Å². The van der Waals surface area contributed by atoms with Gasteiger partial charge in [0.25, 0.3) is 5.78 Å². The molecular formula is C11H9FN6S. The van der Waals surface area contributed by atoms with E-state index in [2.05, 4.69) is 20.1 Å². The summed E-state index contributed by atoms with van der Waals surface area (Å²) in [7, 11) is 0. The lowest BCUT2D eigenvalue weighted by Crippen LogP contribution is -2.04. The van der Waals surface area contributed by atoms with Crippen LogP contribution in [0.1, 0.15) is 0 Å². The van der Waals surface area contributed by atoms with Crippen LogP contribution in [0.15, 0.2) is 29.4 Å². The second-order valence-electron chi connectivity index (χ2n) is 3.70. The zero-order valence-electron chi connectivity index (χ0n) is 9.91. The lowest BCUT2D eigenvalue weighted by molar-refractivity contribution is 0.630. The van der Waals surface area contributed by atoms with E-state index in [0.29, 0.717) is 16.5 Å². The van der Waals surface area contributed by atoms with Crippen LogP contribution < -0.4 is 5.73 Å². The summed E-state index contributed by atoms with van der Waals surface area (Å²) >= 11 is 1.35. The maximum absolute atomic E-state index is 13.7. The second-order valence-corrected chi connectivity index (χ2v) is 4.47. The van der Waals surface area contributed by atoms with Gasteiger partial charge in [-0.3, -0.25) is 0 Å². The number of fused-ring (bicyclic) bond motifs is 1. The van der Waals surface area contributed by atoms with Gasteiger partial charge < -0.3 is 5.73 Å². The molecule has 8 heteroatoms. The third-order valence-corrected chi connectivity index (χ3v) is 3.06. The van der Waals surface area contributed by atoms with Crippen LogP contribution in [0.3, 0.4) is 0 Å². The van der Waals surface area contributed by atoms with Crippen molar-refractivity contribution in [2.45, 2.75) is 5.16 Å². The summed E-state index contributed by atoms with van der Waals surface area (Å²) in [5, 5.41) is 4.62. The first-order chi connectivity index (χ1) is 9.19. The zero-order chi connectivity index (χ0) is 13.4. The Bertz CT molecular complexity index is 756. The summed E-state index contributed by atoms with van der Waals surface area (Å²) < 4.78 is 15.0. The molecule has 96 valence electrons. The van der Waals surface area contributed by atoms with E-state index in [4.69, 9.17) is 5.73 Å². The van der Waals surface area contributed by atoms with E-state index in [0.717, 1.165) is 0 Å². The van der Waals surface area contributed by atoms with Crippen molar-refractivity contribution < 1.29 is 4.39 Å². The highest BCUT2D eigenvalue weighted by molar-refractivity contribution is 7.98. The van der Waals surface area contributed by atoms with Gasteiger partial charge in [0.05, 0.1) is 5.56 Å². The standard InChI is InChI=1S/C11H9FN6S/c1-19-11-15-9(13)18-10(16-11)14-8(17-18)6-4-2-3-5-7(6)12/h2-5H,1H3,(H2,13,14,15,16,17). The van der Waals surface area contributed by atoms with E-state index >= 15 is 0 Å². The van der Waals surface area contributed by atoms with Gasteiger partial charge in [-0.05, 0) is 18.4 Å². The normalized spacial score (nSPS) is 11.1. The summed E-state index contributed by atoms with van der Waals surface area (Å²) in [6.45, 7) is 0. The Balaban J connectivity index is 2.22. The number of halogens is 1. The number of nitrogens with zero attached hydrogens (tertiary/aromatic N) is 5. The topological polar surface area (TPSA) is 82.0 Å². The molecule has 0 aliphatic heterocycles. The number of hydrogen-bond acceptors (Lipinski definition) is 6. The molecule has 0 unspecified atom stereocenters. The molecule has 0 radical (unpaired) electrons. The number of aromatic nitrogens is 5. The lowest BCUT2D eigenvalue weighted by atomic mass is 10.2. The second kappa shape index (κ2) is 4.47. The molecule has 2 N–H and O–H groups in total. The molecule has 0 aliphatic carbocycles. The van der Waals surface area contributed by atoms with E-state index < -0.39 is 5.82 Å². The maximum atomic E-state index is 13.7. The maximum Gasteiger partial charge on any atom is 0.258 e. The molecule has 0 aliphatic rings. The van der Waals surface area contributed by atoms with Crippen LogP contribution in [0, 0.1) is 5.82 Å². The number of anilines is 1. The molecule has 0 amide bonds. The summed E-state index contributed by atoms with van der Waals surface area (Å²) in [5.41, 5.74) is 6.07. The Morgan fingerprint density at radius 2 is 2.00 bits per heavy atom. The van der Waals surface area contributed by atoms with Gasteiger partial charge >= 0.3 is 0 Å². The molecule has 2 heterocycles. The predicted molar refractivity (Wildman–Crippen MR) is 70.2 cm³/mol. The largest absolute Gasteiger partial charge is 0.368 e. The molecule has 0 bridgehead atoms. The molecular weight excluding hydrogens is 267 g/mol. The van der Waals surface area contributed by atoms with Gasteiger partial charge in [-0.25, -0.2) is 4.39 Å². The Labute approximate surface area is 111 Å². The average molecular weight is 276 g/mol. The van der Waals surface area contributed by atoms with Crippen molar-refractivity contribution in [1.82, 2.24) is 24.6 Å². The van der Waals surface area contributed by atoms with E-state index in [1.807, 2.05) is 6.26 Å². The van der Waals surface area contributed by atoms with Gasteiger partial charge in [-0.1, -0.05) is 23.9 Å². The molecule has 2 aromatic heterocycles. The first-order valence-electron chi connectivity index (χ1n) is 5.38. The third-order valence-electron chi connectivity index (χ3n) is 2.51. The molecule has 0 spiro atoms. The number of benzene rings is 1. The average Bonchev–Trinajstić information content (AvgIpc) is 2.83. The van der Waals surface area contributed by atoms with Crippen molar-refractivity contribution in [3.05, 3.63) is 30.1 Å². The van der Waals surface area contributed by atoms with Crippen molar-refractivity contribution in [3.63, 3.8) is 0 Å². The minimum Gasteiger partial charge on any atom is -0.368 e. The van der Waals surface area contributed by atoms with Crippen LogP contribution in [0.5, 0.6) is 0 Å². The van der Waals surface area contributed by atoms with E-state index in [9.17, 15) is 4.39 Å². The van der Waals surface area contributed by atoms with Crippen molar-refractivity contribution >= 4 is 23.5 Å². The van der Waals surface area contributed by atoms with Gasteiger partial charge in [-0.15, -0.1) is 5.10 Å². The Morgan fingerprint density at radius 3 is 2.74 bits per heavy atom. The van der Waals surface area contributed by atoms with Gasteiger partial charge in [0.1, 0.15) is 5.82 Å². The van der Waals surface area contributed by atoms with Gasteiger partial charge in [-0.2, -0.15) is 19.5 Å². The highest BCUT2D eigenvalue weighted by Gasteiger charge is 2.14.